The smallest absolute Gasteiger partial charge is 0.308 e. The third-order valence-corrected chi connectivity index (χ3v) is 8.62. The van der Waals surface area contributed by atoms with Crippen LogP contribution in [-0.2, 0) is 14.0 Å². The van der Waals surface area contributed by atoms with Crippen molar-refractivity contribution in [2.24, 2.45) is 0 Å². The van der Waals surface area contributed by atoms with Crippen molar-refractivity contribution in [1.82, 2.24) is 0 Å². The van der Waals surface area contributed by atoms with Gasteiger partial charge in [0.05, 0.1) is 18.6 Å². The lowest BCUT2D eigenvalue weighted by Gasteiger charge is -2.39. The van der Waals surface area contributed by atoms with Gasteiger partial charge >= 0.3 is 5.97 Å². The summed E-state index contributed by atoms with van der Waals surface area (Å²) in [4.78, 5) is 12.1. The maximum Gasteiger partial charge on any atom is 0.308 e. The number of carbonyl (C=O) groups excluding carboxylic acids is 1. The lowest BCUT2D eigenvalue weighted by atomic mass is 10.1. The van der Waals surface area contributed by atoms with Gasteiger partial charge in [-0.2, -0.15) is 0 Å². The van der Waals surface area contributed by atoms with Crippen LogP contribution in [0, 0.1) is 0 Å². The first kappa shape index (κ1) is 18.9. The van der Waals surface area contributed by atoms with E-state index in [0.717, 1.165) is 5.56 Å². The van der Waals surface area contributed by atoms with Crippen LogP contribution in [0.2, 0.25) is 18.1 Å². The molecule has 22 heavy (non-hydrogen) atoms. The summed E-state index contributed by atoms with van der Waals surface area (Å²) >= 11 is 0. The van der Waals surface area contributed by atoms with Crippen LogP contribution >= 0.6 is 0 Å². The first-order valence-electron chi connectivity index (χ1n) is 7.95. The minimum Gasteiger partial charge on any atom is -0.463 e. The number of hydrogen-bond acceptors (Lipinski definition) is 3. The molecule has 0 N–H and O–H groups in total. The summed E-state index contributed by atoms with van der Waals surface area (Å²) in [6.07, 6.45) is -0.0838. The van der Waals surface area contributed by atoms with E-state index in [2.05, 4.69) is 33.9 Å². The van der Waals surface area contributed by atoms with Gasteiger partial charge in [0.2, 0.25) is 0 Å². The van der Waals surface area contributed by atoms with Crippen LogP contribution in [0.1, 0.15) is 52.7 Å². The molecule has 0 heterocycles. The van der Waals surface area contributed by atoms with Crippen molar-refractivity contribution in [3.8, 4) is 0 Å². The molecule has 0 spiro atoms. The molecule has 1 aromatic carbocycles. The fraction of sp³-hybridized carbons (Fsp3) is 0.611. The summed E-state index contributed by atoms with van der Waals surface area (Å²) in [6.45, 7) is 14.7. The molecule has 1 aromatic rings. The lowest BCUT2D eigenvalue weighted by Crippen LogP contribution is -2.42. The molecule has 0 amide bonds. The summed E-state index contributed by atoms with van der Waals surface area (Å²) < 4.78 is 11.8. The first-order valence-corrected chi connectivity index (χ1v) is 10.9. The molecule has 0 saturated carbocycles. The van der Waals surface area contributed by atoms with Crippen molar-refractivity contribution in [3.63, 3.8) is 0 Å². The van der Waals surface area contributed by atoms with Crippen molar-refractivity contribution < 1.29 is 14.0 Å². The molecule has 1 unspecified atom stereocenters. The second-order valence-electron chi connectivity index (χ2n) is 7.52. The normalized spacial score (nSPS) is 14.0. The van der Waals surface area contributed by atoms with E-state index in [1.54, 1.807) is 0 Å². The maximum atomic E-state index is 12.1. The Labute approximate surface area is 136 Å². The zero-order chi connectivity index (χ0) is 17.0. The Morgan fingerprint density at radius 3 is 2.14 bits per heavy atom. The zero-order valence-electron chi connectivity index (χ0n) is 15.0. The molecule has 0 saturated heterocycles. The van der Waals surface area contributed by atoms with Crippen LogP contribution in [-0.4, -0.2) is 20.4 Å². The second kappa shape index (κ2) is 7.42. The molecule has 3 nitrogen and oxygen atoms in total. The summed E-state index contributed by atoms with van der Waals surface area (Å²) in [5, 5.41) is 0.0992. The van der Waals surface area contributed by atoms with E-state index < -0.39 is 8.32 Å². The maximum absolute atomic E-state index is 12.1. The van der Waals surface area contributed by atoms with Gasteiger partial charge in [0.15, 0.2) is 8.32 Å². The van der Waals surface area contributed by atoms with Gasteiger partial charge in [-0.05, 0) is 37.5 Å². The van der Waals surface area contributed by atoms with Gasteiger partial charge in [-0.25, -0.2) is 0 Å². The third kappa shape index (κ3) is 5.58. The number of hydrogen-bond donors (Lipinski definition) is 0. The van der Waals surface area contributed by atoms with E-state index in [4.69, 9.17) is 9.16 Å². The Balaban J connectivity index is 2.96. The molecule has 0 aromatic heterocycles. The Hall–Kier alpha value is -1.13. The summed E-state index contributed by atoms with van der Waals surface area (Å²) in [5.41, 5.74) is 1.04. The van der Waals surface area contributed by atoms with Gasteiger partial charge in [-0.3, -0.25) is 4.79 Å². The molecule has 1 atom stereocenters. The second-order valence-corrected chi connectivity index (χ2v) is 12.3. The van der Waals surface area contributed by atoms with Gasteiger partial charge < -0.3 is 9.16 Å². The third-order valence-electron chi connectivity index (χ3n) is 4.13. The quantitative estimate of drug-likeness (QED) is 0.540. The van der Waals surface area contributed by atoms with Gasteiger partial charge in [-0.15, -0.1) is 0 Å². The highest BCUT2D eigenvalue weighted by Gasteiger charge is 2.40. The van der Waals surface area contributed by atoms with Gasteiger partial charge in [-0.1, -0.05) is 51.1 Å². The molecule has 124 valence electrons. The number of ether oxygens (including phenoxy) is 1. The highest BCUT2D eigenvalue weighted by molar-refractivity contribution is 6.74. The molecule has 0 aliphatic rings. The predicted molar refractivity (Wildman–Crippen MR) is 93.3 cm³/mol. The van der Waals surface area contributed by atoms with Crippen LogP contribution in [0.4, 0.5) is 0 Å². The molecular weight excluding hydrogens is 292 g/mol. The summed E-state index contributed by atoms with van der Waals surface area (Å²) in [6, 6.07) is 9.95. The highest BCUT2D eigenvalue weighted by Crippen LogP contribution is 2.40. The van der Waals surface area contributed by atoms with Crippen LogP contribution in [0.15, 0.2) is 30.3 Å². The van der Waals surface area contributed by atoms with Crippen LogP contribution in [0.5, 0.6) is 0 Å². The Bertz CT molecular complexity index is 475. The van der Waals surface area contributed by atoms with Gasteiger partial charge in [0.1, 0.15) is 0 Å². The Morgan fingerprint density at radius 2 is 1.68 bits per heavy atom. The summed E-state index contributed by atoms with van der Waals surface area (Å²) in [7, 11) is -1.97. The number of carbonyl (C=O) groups is 1. The average molecular weight is 323 g/mol. The minimum absolute atomic E-state index is 0.0992. The molecule has 0 bridgehead atoms. The largest absolute Gasteiger partial charge is 0.463 e. The van der Waals surface area contributed by atoms with E-state index in [1.165, 1.54) is 0 Å². The minimum atomic E-state index is -1.97. The number of rotatable bonds is 6. The molecule has 0 aliphatic carbocycles. The van der Waals surface area contributed by atoms with Crippen LogP contribution in [0.25, 0.3) is 0 Å². The van der Waals surface area contributed by atoms with E-state index in [0.29, 0.717) is 0 Å². The van der Waals surface area contributed by atoms with E-state index in [-0.39, 0.29) is 29.6 Å². The predicted octanol–water partition coefficient (Wildman–Crippen LogP) is 5.09. The molecule has 4 heteroatoms. The molecule has 0 radical (unpaired) electrons. The molecule has 0 aliphatic heterocycles. The fourth-order valence-corrected chi connectivity index (χ4v) is 3.17. The fourth-order valence-electron chi connectivity index (χ4n) is 1.89. The molecular formula is C18H30O3Si. The topological polar surface area (TPSA) is 35.5 Å². The van der Waals surface area contributed by atoms with Crippen molar-refractivity contribution in [1.29, 1.82) is 0 Å². The lowest BCUT2D eigenvalue weighted by molar-refractivity contribution is -0.149. The van der Waals surface area contributed by atoms with Crippen molar-refractivity contribution in [3.05, 3.63) is 35.9 Å². The van der Waals surface area contributed by atoms with Gasteiger partial charge in [0.25, 0.3) is 0 Å². The number of esters is 1. The standard InChI is InChI=1S/C18H30O3Si/c1-14(2)20-17(19)13-16(15-11-9-8-10-12-15)21-22(6,7)18(3,4)5/h8-12,14,16H,13H2,1-7H3. The van der Waals surface area contributed by atoms with Crippen LogP contribution in [0.3, 0.4) is 0 Å². The molecule has 0 fully saturated rings. The Morgan fingerprint density at radius 1 is 1.14 bits per heavy atom. The number of benzene rings is 1. The first-order chi connectivity index (χ1) is 10.0. The van der Waals surface area contributed by atoms with E-state index in [9.17, 15) is 4.79 Å². The van der Waals surface area contributed by atoms with Gasteiger partial charge in [0, 0.05) is 0 Å². The SMILES string of the molecule is CC(C)OC(=O)CC(O[Si](C)(C)C(C)(C)C)c1ccccc1. The van der Waals surface area contributed by atoms with Crippen molar-refractivity contribution >= 4 is 14.3 Å². The zero-order valence-corrected chi connectivity index (χ0v) is 16.0. The average Bonchev–Trinajstić information content (AvgIpc) is 2.36. The van der Waals surface area contributed by atoms with Crippen LogP contribution < -0.4 is 0 Å². The Kier molecular flexibility index (Phi) is 6.38. The van der Waals surface area contributed by atoms with E-state index >= 15 is 0 Å². The van der Waals surface area contributed by atoms with Crippen molar-refractivity contribution in [2.45, 2.75) is 71.4 Å². The molecule has 1 rings (SSSR count). The van der Waals surface area contributed by atoms with E-state index in [1.807, 2.05) is 44.2 Å². The highest BCUT2D eigenvalue weighted by atomic mass is 28.4. The van der Waals surface area contributed by atoms with Crippen molar-refractivity contribution in [2.75, 3.05) is 0 Å². The monoisotopic (exact) mass is 322 g/mol. The summed E-state index contributed by atoms with van der Waals surface area (Å²) in [5.74, 6) is -0.206.